The molecule has 2 N–H and O–H groups in total. The molecule has 1 unspecified atom stereocenters. The van der Waals surface area contributed by atoms with Crippen molar-refractivity contribution < 1.29 is 19.4 Å². The Labute approximate surface area is 184 Å². The zero-order valence-corrected chi connectivity index (χ0v) is 18.1. The van der Waals surface area contributed by atoms with Crippen molar-refractivity contribution in [3.8, 4) is 17.2 Å². The summed E-state index contributed by atoms with van der Waals surface area (Å²) in [4.78, 5) is 12.3. The van der Waals surface area contributed by atoms with E-state index in [4.69, 9.17) is 9.47 Å². The average molecular weight is 441 g/mol. The molecule has 0 fully saturated rings. The molecule has 3 aromatic rings. The maximum absolute atomic E-state index is 12.3. The van der Waals surface area contributed by atoms with Gasteiger partial charge in [-0.15, -0.1) is 16.8 Å². The van der Waals surface area contributed by atoms with Crippen LogP contribution >= 0.6 is 11.8 Å². The van der Waals surface area contributed by atoms with Crippen LogP contribution in [0.15, 0.2) is 66.3 Å². The number of nitrogens with one attached hydrogen (secondary N) is 1. The van der Waals surface area contributed by atoms with Crippen LogP contribution in [0.5, 0.6) is 17.2 Å². The van der Waals surface area contributed by atoms with Gasteiger partial charge in [-0.2, -0.15) is 0 Å². The van der Waals surface area contributed by atoms with Crippen molar-refractivity contribution >= 4 is 23.4 Å². The molecule has 0 saturated heterocycles. The van der Waals surface area contributed by atoms with E-state index < -0.39 is 6.10 Å². The number of aromatic nitrogens is 3. The van der Waals surface area contributed by atoms with Crippen LogP contribution in [0.25, 0.3) is 0 Å². The smallest absolute Gasteiger partial charge is 0.234 e. The number of rotatable bonds is 10. The van der Waals surface area contributed by atoms with Crippen LogP contribution < -0.4 is 14.8 Å². The van der Waals surface area contributed by atoms with E-state index in [1.807, 2.05) is 35.8 Å². The van der Waals surface area contributed by atoms with E-state index in [2.05, 4.69) is 22.1 Å². The van der Waals surface area contributed by atoms with E-state index >= 15 is 0 Å². The van der Waals surface area contributed by atoms with Crippen molar-refractivity contribution in [2.24, 2.45) is 0 Å². The summed E-state index contributed by atoms with van der Waals surface area (Å²) in [6, 6.07) is 13.8. The number of allylic oxidation sites excluding steroid dienone is 1. The number of phenols is 1. The minimum Gasteiger partial charge on any atom is -0.508 e. The van der Waals surface area contributed by atoms with E-state index in [1.165, 1.54) is 23.9 Å². The molecule has 0 aliphatic rings. The second-order valence-electron chi connectivity index (χ2n) is 6.54. The number of para-hydroxylation sites is 2. The highest BCUT2D eigenvalue weighted by Crippen LogP contribution is 2.31. The van der Waals surface area contributed by atoms with E-state index in [0.29, 0.717) is 34.7 Å². The lowest BCUT2D eigenvalue weighted by Crippen LogP contribution is -2.15. The van der Waals surface area contributed by atoms with E-state index in [9.17, 15) is 9.90 Å². The van der Waals surface area contributed by atoms with Gasteiger partial charge in [0.05, 0.1) is 12.9 Å². The molecule has 1 aromatic heterocycles. The first-order valence-corrected chi connectivity index (χ1v) is 10.6. The van der Waals surface area contributed by atoms with Gasteiger partial charge >= 0.3 is 0 Å². The number of hydrogen-bond acceptors (Lipinski definition) is 7. The molecule has 0 spiro atoms. The Hall–Kier alpha value is -3.46. The quantitative estimate of drug-likeness (QED) is 0.362. The summed E-state index contributed by atoms with van der Waals surface area (Å²) in [6.45, 7) is 6.14. The molecule has 0 aliphatic heterocycles. The summed E-state index contributed by atoms with van der Waals surface area (Å²) in [5.41, 5.74) is 0.526. The van der Waals surface area contributed by atoms with Crippen LogP contribution in [-0.4, -0.2) is 38.6 Å². The fourth-order valence-electron chi connectivity index (χ4n) is 2.88. The topological polar surface area (TPSA) is 98.5 Å². The normalized spacial score (nSPS) is 11.5. The van der Waals surface area contributed by atoms with E-state index in [0.717, 1.165) is 0 Å². The van der Waals surface area contributed by atoms with Crippen LogP contribution in [-0.2, 0) is 11.3 Å². The van der Waals surface area contributed by atoms with Gasteiger partial charge in [-0.05, 0) is 31.2 Å². The molecule has 9 heteroatoms. The number of thioether (sulfide) groups is 1. The maximum Gasteiger partial charge on any atom is 0.234 e. The fraction of sp³-hybridized carbons (Fsp3) is 0.227. The number of benzene rings is 2. The van der Waals surface area contributed by atoms with E-state index in [-0.39, 0.29) is 17.4 Å². The van der Waals surface area contributed by atoms with Crippen molar-refractivity contribution in [2.75, 3.05) is 18.2 Å². The minimum atomic E-state index is -0.403. The lowest BCUT2D eigenvalue weighted by Gasteiger charge is -2.17. The molecule has 0 radical (unpaired) electrons. The van der Waals surface area contributed by atoms with Gasteiger partial charge in [-0.3, -0.25) is 9.36 Å². The predicted octanol–water partition coefficient (Wildman–Crippen LogP) is 4.05. The van der Waals surface area contributed by atoms with Crippen molar-refractivity contribution in [3.05, 3.63) is 67.0 Å². The lowest BCUT2D eigenvalue weighted by molar-refractivity contribution is -0.113. The number of carbonyl (C=O) groups excluding carboxylic acids is 1. The van der Waals surface area contributed by atoms with Crippen molar-refractivity contribution in [2.45, 2.75) is 24.7 Å². The van der Waals surface area contributed by atoms with Crippen molar-refractivity contribution in [1.29, 1.82) is 0 Å². The molecule has 162 valence electrons. The third-order valence-corrected chi connectivity index (χ3v) is 5.22. The number of carbonyl (C=O) groups is 1. The van der Waals surface area contributed by atoms with Crippen molar-refractivity contribution in [1.82, 2.24) is 14.8 Å². The molecular weight excluding hydrogens is 416 g/mol. The first kappa shape index (κ1) is 22.2. The van der Waals surface area contributed by atoms with Gasteiger partial charge in [0.1, 0.15) is 5.75 Å². The third-order valence-electron chi connectivity index (χ3n) is 4.26. The SMILES string of the molecule is C=CCn1c(SCC(=O)Nc2cccc(O)c2)nnc1C(C)Oc1ccccc1OC. The molecule has 3 rings (SSSR count). The fourth-order valence-corrected chi connectivity index (χ4v) is 3.63. The van der Waals surface area contributed by atoms with Gasteiger partial charge < -0.3 is 19.9 Å². The number of aromatic hydroxyl groups is 1. The molecule has 2 aromatic carbocycles. The first-order chi connectivity index (χ1) is 15.0. The van der Waals surface area contributed by atoms with Crippen molar-refractivity contribution in [3.63, 3.8) is 0 Å². The molecule has 0 aliphatic carbocycles. The van der Waals surface area contributed by atoms with Gasteiger partial charge in [-0.25, -0.2) is 0 Å². The van der Waals surface area contributed by atoms with Crippen LogP contribution in [0.3, 0.4) is 0 Å². The first-order valence-electron chi connectivity index (χ1n) is 9.57. The molecular formula is C22H24N4O4S. The zero-order valence-electron chi connectivity index (χ0n) is 17.3. The summed E-state index contributed by atoms with van der Waals surface area (Å²) in [5, 5.41) is 21.3. The minimum absolute atomic E-state index is 0.0878. The third kappa shape index (κ3) is 5.79. The Bertz CT molecular complexity index is 1050. The Morgan fingerprint density at radius 1 is 1.26 bits per heavy atom. The monoisotopic (exact) mass is 440 g/mol. The van der Waals surface area contributed by atoms with Crippen LogP contribution in [0.1, 0.15) is 18.9 Å². The largest absolute Gasteiger partial charge is 0.508 e. The Balaban J connectivity index is 1.69. The number of phenolic OH excluding ortho intramolecular Hbond substituents is 1. The Morgan fingerprint density at radius 3 is 2.74 bits per heavy atom. The summed E-state index contributed by atoms with van der Waals surface area (Å²) in [5.74, 6) is 1.84. The number of hydrogen-bond donors (Lipinski definition) is 2. The second-order valence-corrected chi connectivity index (χ2v) is 7.48. The van der Waals surface area contributed by atoms with Crippen LogP contribution in [0.4, 0.5) is 5.69 Å². The number of nitrogens with zero attached hydrogens (tertiary/aromatic N) is 3. The summed E-state index contributed by atoms with van der Waals surface area (Å²) in [7, 11) is 1.59. The average Bonchev–Trinajstić information content (AvgIpc) is 3.15. The molecule has 0 saturated carbocycles. The van der Waals surface area contributed by atoms with Gasteiger partial charge in [-0.1, -0.05) is 36.0 Å². The predicted molar refractivity (Wildman–Crippen MR) is 120 cm³/mol. The Kier molecular flexibility index (Phi) is 7.55. The van der Waals surface area contributed by atoms with Gasteiger partial charge in [0.15, 0.2) is 28.6 Å². The van der Waals surface area contributed by atoms with Crippen LogP contribution in [0.2, 0.25) is 0 Å². The number of amides is 1. The summed E-state index contributed by atoms with van der Waals surface area (Å²) < 4.78 is 13.2. The highest BCUT2D eigenvalue weighted by atomic mass is 32.2. The maximum atomic E-state index is 12.3. The molecule has 1 atom stereocenters. The number of anilines is 1. The molecule has 0 bridgehead atoms. The summed E-state index contributed by atoms with van der Waals surface area (Å²) >= 11 is 1.26. The second kappa shape index (κ2) is 10.5. The highest BCUT2D eigenvalue weighted by molar-refractivity contribution is 7.99. The lowest BCUT2D eigenvalue weighted by atomic mass is 10.3. The molecule has 8 nitrogen and oxygen atoms in total. The highest BCUT2D eigenvalue weighted by Gasteiger charge is 2.20. The Morgan fingerprint density at radius 2 is 2.03 bits per heavy atom. The molecule has 1 heterocycles. The molecule has 31 heavy (non-hydrogen) atoms. The molecule has 1 amide bonds. The summed E-state index contributed by atoms with van der Waals surface area (Å²) in [6.07, 6.45) is 1.33. The van der Waals surface area contributed by atoms with Gasteiger partial charge in [0.25, 0.3) is 0 Å². The van der Waals surface area contributed by atoms with E-state index in [1.54, 1.807) is 25.3 Å². The number of ether oxygens (including phenoxy) is 2. The number of methoxy groups -OCH3 is 1. The van der Waals surface area contributed by atoms with Gasteiger partial charge in [0.2, 0.25) is 5.91 Å². The standard InChI is InChI=1S/C22H24N4O4S/c1-4-12-26-21(15(2)30-19-11-6-5-10-18(19)29-3)24-25-22(26)31-14-20(28)23-16-8-7-9-17(27)13-16/h4-11,13,15,27H,1,12,14H2,2-3H3,(H,23,28). The van der Waals surface area contributed by atoms with Gasteiger partial charge in [0, 0.05) is 18.3 Å². The zero-order chi connectivity index (χ0) is 22.2. The van der Waals surface area contributed by atoms with Crippen LogP contribution in [0, 0.1) is 0 Å².